The van der Waals surface area contributed by atoms with E-state index in [4.69, 9.17) is 4.74 Å². The Kier molecular flexibility index (Phi) is 4.04. The van der Waals surface area contributed by atoms with Crippen LogP contribution < -0.4 is 4.74 Å². The summed E-state index contributed by atoms with van der Waals surface area (Å²) in [7, 11) is 0. The van der Waals surface area contributed by atoms with Gasteiger partial charge in [-0.3, -0.25) is 4.68 Å². The van der Waals surface area contributed by atoms with E-state index in [2.05, 4.69) is 39.8 Å². The normalized spacial score (nSPS) is 10.8. The van der Waals surface area contributed by atoms with Gasteiger partial charge in [-0.05, 0) is 54.1 Å². The SMILES string of the molecule is CC(C)Oc1cccc(Cn2cc(I)cn2)c1. The second kappa shape index (κ2) is 5.53. The average molecular weight is 342 g/mol. The number of nitrogens with zero attached hydrogens (tertiary/aromatic N) is 2. The first kappa shape index (κ1) is 12.4. The molecule has 2 aromatic rings. The molecule has 0 bridgehead atoms. The van der Waals surface area contributed by atoms with E-state index in [1.165, 1.54) is 5.56 Å². The topological polar surface area (TPSA) is 27.1 Å². The first-order valence-corrected chi connectivity index (χ1v) is 6.65. The predicted octanol–water partition coefficient (Wildman–Crippen LogP) is 3.32. The highest BCUT2D eigenvalue weighted by Crippen LogP contribution is 2.16. The third-order valence-electron chi connectivity index (χ3n) is 2.22. The zero-order chi connectivity index (χ0) is 12.3. The van der Waals surface area contributed by atoms with Crippen LogP contribution in [-0.4, -0.2) is 15.9 Å². The van der Waals surface area contributed by atoms with E-state index in [0.717, 1.165) is 15.9 Å². The molecule has 0 aliphatic carbocycles. The molecule has 1 aromatic heterocycles. The summed E-state index contributed by atoms with van der Waals surface area (Å²) in [6.45, 7) is 4.84. The fourth-order valence-corrected chi connectivity index (χ4v) is 2.05. The van der Waals surface area contributed by atoms with Crippen LogP contribution in [0.15, 0.2) is 36.7 Å². The van der Waals surface area contributed by atoms with Crippen LogP contribution in [0.1, 0.15) is 19.4 Å². The molecule has 0 saturated heterocycles. The van der Waals surface area contributed by atoms with Crippen molar-refractivity contribution in [3.8, 4) is 5.75 Å². The summed E-state index contributed by atoms with van der Waals surface area (Å²) in [6.07, 6.45) is 4.09. The van der Waals surface area contributed by atoms with Gasteiger partial charge in [0.15, 0.2) is 0 Å². The van der Waals surface area contributed by atoms with Gasteiger partial charge in [-0.25, -0.2) is 0 Å². The number of aromatic nitrogens is 2. The molecule has 0 unspecified atom stereocenters. The van der Waals surface area contributed by atoms with Gasteiger partial charge >= 0.3 is 0 Å². The Morgan fingerprint density at radius 1 is 1.41 bits per heavy atom. The van der Waals surface area contributed by atoms with Gasteiger partial charge in [-0.2, -0.15) is 5.10 Å². The predicted molar refractivity (Wildman–Crippen MR) is 76.3 cm³/mol. The maximum Gasteiger partial charge on any atom is 0.120 e. The van der Waals surface area contributed by atoms with Gasteiger partial charge in [-0.15, -0.1) is 0 Å². The molecule has 0 aliphatic rings. The first-order chi connectivity index (χ1) is 8.13. The Morgan fingerprint density at radius 2 is 2.24 bits per heavy atom. The van der Waals surface area contributed by atoms with Crippen LogP contribution in [0.5, 0.6) is 5.75 Å². The highest BCUT2D eigenvalue weighted by Gasteiger charge is 2.01. The lowest BCUT2D eigenvalue weighted by Crippen LogP contribution is -2.06. The molecule has 17 heavy (non-hydrogen) atoms. The first-order valence-electron chi connectivity index (χ1n) is 5.57. The van der Waals surface area contributed by atoms with Gasteiger partial charge in [0, 0.05) is 6.20 Å². The van der Waals surface area contributed by atoms with Crippen molar-refractivity contribution in [2.24, 2.45) is 0 Å². The molecule has 0 saturated carbocycles. The van der Waals surface area contributed by atoms with Gasteiger partial charge in [0.05, 0.1) is 22.4 Å². The number of benzene rings is 1. The zero-order valence-electron chi connectivity index (χ0n) is 9.93. The van der Waals surface area contributed by atoms with Crippen LogP contribution in [-0.2, 0) is 6.54 Å². The standard InChI is InChI=1S/C13H15IN2O/c1-10(2)17-13-5-3-4-11(6-13)8-16-9-12(14)7-15-16/h3-7,9-10H,8H2,1-2H3. The summed E-state index contributed by atoms with van der Waals surface area (Å²) in [6, 6.07) is 8.15. The molecule has 2 rings (SSSR count). The average Bonchev–Trinajstić information content (AvgIpc) is 2.63. The Bertz CT molecular complexity index is 494. The van der Waals surface area contributed by atoms with Crippen LogP contribution >= 0.6 is 22.6 Å². The van der Waals surface area contributed by atoms with Crippen molar-refractivity contribution >= 4 is 22.6 Å². The fourth-order valence-electron chi connectivity index (χ4n) is 1.60. The van der Waals surface area contributed by atoms with E-state index in [9.17, 15) is 0 Å². The van der Waals surface area contributed by atoms with Crippen LogP contribution in [0.4, 0.5) is 0 Å². The summed E-state index contributed by atoms with van der Waals surface area (Å²) in [5.74, 6) is 0.916. The number of hydrogen-bond donors (Lipinski definition) is 0. The molecule has 0 atom stereocenters. The minimum Gasteiger partial charge on any atom is -0.491 e. The lowest BCUT2D eigenvalue weighted by atomic mass is 10.2. The molecule has 3 nitrogen and oxygen atoms in total. The molecule has 1 aromatic carbocycles. The largest absolute Gasteiger partial charge is 0.491 e. The zero-order valence-corrected chi connectivity index (χ0v) is 12.1. The number of halogens is 1. The highest BCUT2D eigenvalue weighted by molar-refractivity contribution is 14.1. The minimum atomic E-state index is 0.205. The van der Waals surface area contributed by atoms with Crippen LogP contribution in [0.25, 0.3) is 0 Å². The summed E-state index contributed by atoms with van der Waals surface area (Å²) in [5.41, 5.74) is 1.20. The molecule has 0 amide bonds. The molecule has 0 spiro atoms. The fraction of sp³-hybridized carbons (Fsp3) is 0.308. The third kappa shape index (κ3) is 3.73. The number of ether oxygens (including phenoxy) is 1. The van der Waals surface area contributed by atoms with Crippen LogP contribution in [0.2, 0.25) is 0 Å². The second-order valence-electron chi connectivity index (χ2n) is 4.17. The molecule has 0 N–H and O–H groups in total. The summed E-state index contributed by atoms with van der Waals surface area (Å²) >= 11 is 2.26. The monoisotopic (exact) mass is 342 g/mol. The molecular weight excluding hydrogens is 327 g/mol. The maximum absolute atomic E-state index is 5.67. The van der Waals surface area contributed by atoms with Crippen molar-refractivity contribution < 1.29 is 4.74 Å². The molecule has 0 radical (unpaired) electrons. The van der Waals surface area contributed by atoms with Gasteiger partial charge in [0.1, 0.15) is 5.75 Å². The van der Waals surface area contributed by atoms with Crippen molar-refractivity contribution in [2.75, 3.05) is 0 Å². The van der Waals surface area contributed by atoms with E-state index in [1.807, 2.05) is 43.1 Å². The number of rotatable bonds is 4. The molecule has 4 heteroatoms. The van der Waals surface area contributed by atoms with Gasteiger partial charge in [-0.1, -0.05) is 12.1 Å². The molecule has 0 fully saturated rings. The lowest BCUT2D eigenvalue weighted by molar-refractivity contribution is 0.242. The van der Waals surface area contributed by atoms with Crippen molar-refractivity contribution in [2.45, 2.75) is 26.5 Å². The van der Waals surface area contributed by atoms with E-state index in [1.54, 1.807) is 0 Å². The third-order valence-corrected chi connectivity index (χ3v) is 2.77. The van der Waals surface area contributed by atoms with E-state index < -0.39 is 0 Å². The summed E-state index contributed by atoms with van der Waals surface area (Å²) in [5, 5.41) is 4.27. The van der Waals surface area contributed by atoms with Crippen molar-refractivity contribution in [3.63, 3.8) is 0 Å². The molecule has 90 valence electrons. The molecule has 1 heterocycles. The summed E-state index contributed by atoms with van der Waals surface area (Å²) in [4.78, 5) is 0. The van der Waals surface area contributed by atoms with Crippen molar-refractivity contribution in [1.82, 2.24) is 9.78 Å². The Hall–Kier alpha value is -1.04. The van der Waals surface area contributed by atoms with Crippen LogP contribution in [0.3, 0.4) is 0 Å². The van der Waals surface area contributed by atoms with Crippen LogP contribution in [0, 0.1) is 3.57 Å². The van der Waals surface area contributed by atoms with Gasteiger partial charge in [0.2, 0.25) is 0 Å². The van der Waals surface area contributed by atoms with Gasteiger partial charge in [0.25, 0.3) is 0 Å². The maximum atomic E-state index is 5.67. The Labute approximate surface area is 115 Å². The van der Waals surface area contributed by atoms with E-state index in [-0.39, 0.29) is 6.10 Å². The Morgan fingerprint density at radius 3 is 2.88 bits per heavy atom. The van der Waals surface area contributed by atoms with E-state index >= 15 is 0 Å². The van der Waals surface area contributed by atoms with Crippen molar-refractivity contribution in [3.05, 3.63) is 45.8 Å². The molecule has 0 aliphatic heterocycles. The lowest BCUT2D eigenvalue weighted by Gasteiger charge is -2.10. The Balaban J connectivity index is 2.10. The van der Waals surface area contributed by atoms with E-state index in [0.29, 0.717) is 0 Å². The number of hydrogen-bond acceptors (Lipinski definition) is 2. The minimum absolute atomic E-state index is 0.205. The highest BCUT2D eigenvalue weighted by atomic mass is 127. The van der Waals surface area contributed by atoms with Crippen molar-refractivity contribution in [1.29, 1.82) is 0 Å². The second-order valence-corrected chi connectivity index (χ2v) is 5.42. The quantitative estimate of drug-likeness (QED) is 0.797. The smallest absolute Gasteiger partial charge is 0.120 e. The molecular formula is C13H15IN2O. The van der Waals surface area contributed by atoms with Gasteiger partial charge < -0.3 is 4.74 Å². The summed E-state index contributed by atoms with van der Waals surface area (Å²) < 4.78 is 8.74.